The van der Waals surface area contributed by atoms with Gasteiger partial charge in [0.05, 0.1) is 24.3 Å². The number of aromatic nitrogens is 2. The Balaban J connectivity index is 1.75. The Morgan fingerprint density at radius 1 is 1.33 bits per heavy atom. The van der Waals surface area contributed by atoms with Gasteiger partial charge in [0.1, 0.15) is 0 Å². The van der Waals surface area contributed by atoms with Crippen LogP contribution < -0.4 is 0 Å². The van der Waals surface area contributed by atoms with Crippen molar-refractivity contribution >= 4 is 0 Å². The first-order chi connectivity index (χ1) is 8.74. The minimum Gasteiger partial charge on any atom is -0.386 e. The van der Waals surface area contributed by atoms with E-state index in [9.17, 15) is 5.11 Å². The summed E-state index contributed by atoms with van der Waals surface area (Å²) in [6.07, 6.45) is 6.23. The molecule has 0 saturated heterocycles. The van der Waals surface area contributed by atoms with Gasteiger partial charge in [-0.25, -0.2) is 4.98 Å². The van der Waals surface area contributed by atoms with Gasteiger partial charge in [-0.05, 0) is 25.3 Å². The molecule has 1 N–H and O–H groups in total. The average Bonchev–Trinajstić information content (AvgIpc) is 3.09. The van der Waals surface area contributed by atoms with Crippen LogP contribution in [0.4, 0.5) is 0 Å². The molecule has 0 radical (unpaired) electrons. The molecule has 3 rings (SSSR count). The Bertz CT molecular complexity index is 526. The molecule has 1 aromatic carbocycles. The van der Waals surface area contributed by atoms with E-state index in [-0.39, 0.29) is 0 Å². The van der Waals surface area contributed by atoms with Crippen LogP contribution in [0.15, 0.2) is 36.8 Å². The lowest BCUT2D eigenvalue weighted by Gasteiger charge is -2.13. The molecule has 1 atom stereocenters. The summed E-state index contributed by atoms with van der Waals surface area (Å²) >= 11 is 0. The Morgan fingerprint density at radius 3 is 2.72 bits per heavy atom. The van der Waals surface area contributed by atoms with E-state index in [1.165, 1.54) is 18.4 Å². The van der Waals surface area contributed by atoms with Gasteiger partial charge < -0.3 is 9.67 Å². The SMILES string of the molecule is Cc1ccc(CC(O)c2cncn2C2CC2)cc1. The lowest BCUT2D eigenvalue weighted by atomic mass is 10.0. The highest BCUT2D eigenvalue weighted by atomic mass is 16.3. The number of aliphatic hydroxyl groups is 1. The zero-order valence-corrected chi connectivity index (χ0v) is 10.6. The van der Waals surface area contributed by atoms with Gasteiger partial charge in [-0.3, -0.25) is 0 Å². The molecule has 3 nitrogen and oxygen atoms in total. The van der Waals surface area contributed by atoms with Gasteiger partial charge in [-0.1, -0.05) is 29.8 Å². The van der Waals surface area contributed by atoms with Crippen molar-refractivity contribution in [3.63, 3.8) is 0 Å². The molecule has 0 amide bonds. The number of aliphatic hydroxyl groups excluding tert-OH is 1. The molecule has 0 bridgehead atoms. The fraction of sp³-hybridized carbons (Fsp3) is 0.400. The van der Waals surface area contributed by atoms with Crippen molar-refractivity contribution in [2.45, 2.75) is 38.3 Å². The zero-order chi connectivity index (χ0) is 12.5. The van der Waals surface area contributed by atoms with E-state index >= 15 is 0 Å². The van der Waals surface area contributed by atoms with Crippen molar-refractivity contribution < 1.29 is 5.11 Å². The van der Waals surface area contributed by atoms with Crippen molar-refractivity contribution in [2.75, 3.05) is 0 Å². The van der Waals surface area contributed by atoms with Gasteiger partial charge in [0.25, 0.3) is 0 Å². The van der Waals surface area contributed by atoms with Crippen LogP contribution in [0.5, 0.6) is 0 Å². The molecule has 0 aliphatic heterocycles. The third-order valence-electron chi connectivity index (χ3n) is 3.53. The maximum Gasteiger partial charge on any atom is 0.0996 e. The molecule has 18 heavy (non-hydrogen) atoms. The zero-order valence-electron chi connectivity index (χ0n) is 10.6. The van der Waals surface area contributed by atoms with Crippen molar-refractivity contribution in [3.05, 3.63) is 53.6 Å². The van der Waals surface area contributed by atoms with Crippen LogP contribution >= 0.6 is 0 Å². The second kappa shape index (κ2) is 4.58. The van der Waals surface area contributed by atoms with E-state index < -0.39 is 6.10 Å². The normalized spacial score (nSPS) is 16.8. The van der Waals surface area contributed by atoms with Gasteiger partial charge in [-0.15, -0.1) is 0 Å². The largest absolute Gasteiger partial charge is 0.386 e. The number of nitrogens with zero attached hydrogens (tertiary/aromatic N) is 2. The molecule has 1 aliphatic carbocycles. The van der Waals surface area contributed by atoms with E-state index in [0.29, 0.717) is 12.5 Å². The summed E-state index contributed by atoms with van der Waals surface area (Å²) in [7, 11) is 0. The molecule has 1 aliphatic rings. The van der Waals surface area contributed by atoms with E-state index in [4.69, 9.17) is 0 Å². The number of hydrogen-bond donors (Lipinski definition) is 1. The molecule has 3 heteroatoms. The Hall–Kier alpha value is -1.61. The summed E-state index contributed by atoms with van der Waals surface area (Å²) < 4.78 is 2.12. The lowest BCUT2D eigenvalue weighted by Crippen LogP contribution is -2.08. The van der Waals surface area contributed by atoms with E-state index in [1.54, 1.807) is 6.20 Å². The topological polar surface area (TPSA) is 38.1 Å². The van der Waals surface area contributed by atoms with Crippen molar-refractivity contribution in [2.24, 2.45) is 0 Å². The van der Waals surface area contributed by atoms with Crippen LogP contribution in [0.25, 0.3) is 0 Å². The molecule has 94 valence electrons. The van der Waals surface area contributed by atoms with Gasteiger partial charge in [0, 0.05) is 12.5 Å². The molecule has 1 aromatic heterocycles. The summed E-state index contributed by atoms with van der Waals surface area (Å²) in [5.41, 5.74) is 3.35. The molecular weight excluding hydrogens is 224 g/mol. The summed E-state index contributed by atoms with van der Waals surface area (Å²) in [6, 6.07) is 8.89. The Kier molecular flexibility index (Phi) is 2.92. The van der Waals surface area contributed by atoms with E-state index in [1.807, 2.05) is 6.33 Å². The first kappa shape index (κ1) is 11.5. The standard InChI is InChI=1S/C15H18N2O/c1-11-2-4-12(5-3-11)8-15(18)14-9-16-10-17(14)13-6-7-13/h2-5,9-10,13,15,18H,6-8H2,1H3. The fourth-order valence-corrected chi connectivity index (χ4v) is 2.28. The minimum absolute atomic E-state index is 0.462. The van der Waals surface area contributed by atoms with Crippen LogP contribution in [0.2, 0.25) is 0 Å². The third kappa shape index (κ3) is 2.31. The Labute approximate surface area is 107 Å². The lowest BCUT2D eigenvalue weighted by molar-refractivity contribution is 0.168. The fourth-order valence-electron chi connectivity index (χ4n) is 2.28. The number of rotatable bonds is 4. The van der Waals surface area contributed by atoms with Crippen LogP contribution in [0, 0.1) is 6.92 Å². The van der Waals surface area contributed by atoms with Gasteiger partial charge in [0.2, 0.25) is 0 Å². The molecular formula is C15H18N2O. The molecule has 1 unspecified atom stereocenters. The monoisotopic (exact) mass is 242 g/mol. The third-order valence-corrected chi connectivity index (χ3v) is 3.53. The molecule has 1 saturated carbocycles. The smallest absolute Gasteiger partial charge is 0.0996 e. The first-order valence-corrected chi connectivity index (χ1v) is 6.49. The van der Waals surface area contributed by atoms with Crippen molar-refractivity contribution in [1.29, 1.82) is 0 Å². The van der Waals surface area contributed by atoms with Crippen LogP contribution in [-0.4, -0.2) is 14.7 Å². The van der Waals surface area contributed by atoms with Crippen LogP contribution in [-0.2, 0) is 6.42 Å². The molecule has 1 fully saturated rings. The van der Waals surface area contributed by atoms with Crippen LogP contribution in [0.3, 0.4) is 0 Å². The van der Waals surface area contributed by atoms with Crippen molar-refractivity contribution in [3.8, 4) is 0 Å². The quantitative estimate of drug-likeness (QED) is 0.895. The highest BCUT2D eigenvalue weighted by Crippen LogP contribution is 2.37. The number of imidazole rings is 1. The highest BCUT2D eigenvalue weighted by Gasteiger charge is 2.27. The predicted octanol–water partition coefficient (Wildman–Crippen LogP) is 2.80. The number of benzene rings is 1. The van der Waals surface area contributed by atoms with E-state index in [0.717, 1.165) is 11.3 Å². The van der Waals surface area contributed by atoms with Crippen LogP contribution in [0.1, 0.15) is 41.8 Å². The average molecular weight is 242 g/mol. The second-order valence-corrected chi connectivity index (χ2v) is 5.16. The van der Waals surface area contributed by atoms with Gasteiger partial charge in [-0.2, -0.15) is 0 Å². The van der Waals surface area contributed by atoms with Crippen molar-refractivity contribution in [1.82, 2.24) is 9.55 Å². The molecule has 1 heterocycles. The highest BCUT2D eigenvalue weighted by molar-refractivity contribution is 5.23. The maximum absolute atomic E-state index is 10.3. The molecule has 0 spiro atoms. The molecule has 2 aromatic rings. The predicted molar refractivity (Wildman–Crippen MR) is 70.3 cm³/mol. The second-order valence-electron chi connectivity index (χ2n) is 5.16. The summed E-state index contributed by atoms with van der Waals surface area (Å²) in [4.78, 5) is 4.16. The summed E-state index contributed by atoms with van der Waals surface area (Å²) in [5.74, 6) is 0. The maximum atomic E-state index is 10.3. The Morgan fingerprint density at radius 2 is 2.06 bits per heavy atom. The summed E-state index contributed by atoms with van der Waals surface area (Å²) in [6.45, 7) is 2.07. The first-order valence-electron chi connectivity index (χ1n) is 6.49. The van der Waals surface area contributed by atoms with Gasteiger partial charge >= 0.3 is 0 Å². The van der Waals surface area contributed by atoms with Gasteiger partial charge in [0.15, 0.2) is 0 Å². The minimum atomic E-state index is -0.462. The number of aryl methyl sites for hydroxylation is 1. The number of hydrogen-bond acceptors (Lipinski definition) is 2. The summed E-state index contributed by atoms with van der Waals surface area (Å²) in [5, 5.41) is 10.3. The van der Waals surface area contributed by atoms with E-state index in [2.05, 4.69) is 40.7 Å².